The van der Waals surface area contributed by atoms with Crippen LogP contribution in [0.3, 0.4) is 0 Å². The monoisotopic (exact) mass is 462 g/mol. The van der Waals surface area contributed by atoms with Crippen LogP contribution in [0.4, 0.5) is 5.13 Å². The first kappa shape index (κ1) is 23.6. The smallest absolute Gasteiger partial charge is 0.478 e. The number of β-lactam (4-membered cyclic amide) rings is 1. The van der Waals surface area contributed by atoms with E-state index in [2.05, 4.69) is 15.5 Å². The number of nitrogens with one attached hydrogen (secondary N) is 1. The lowest BCUT2D eigenvalue weighted by Crippen LogP contribution is -2.67. The Bertz CT molecular complexity index is 901. The molecule has 4 atom stereocenters. The zero-order valence-electron chi connectivity index (χ0n) is 16.4. The summed E-state index contributed by atoms with van der Waals surface area (Å²) < 4.78 is 17.5. The molecule has 1 aliphatic rings. The maximum Gasteiger partial charge on any atom is 0.651 e. The Balaban J connectivity index is 2.19. The third kappa shape index (κ3) is 5.08. The van der Waals surface area contributed by atoms with E-state index in [9.17, 15) is 18.9 Å². The average Bonchev–Trinajstić information content (AvgIpc) is 3.05. The summed E-state index contributed by atoms with van der Waals surface area (Å²) in [6.45, 7) is 5.23. The summed E-state index contributed by atoms with van der Waals surface area (Å²) in [7, 11) is -2.63. The number of carbonyl (C=O) groups is 3. The number of aliphatic carboxylic acids is 1. The Kier molecular flexibility index (Phi) is 7.08. The Labute approximate surface area is 175 Å². The van der Waals surface area contributed by atoms with Gasteiger partial charge in [-0.15, -0.1) is 11.3 Å². The predicted molar refractivity (Wildman–Crippen MR) is 104 cm³/mol. The largest absolute Gasteiger partial charge is 0.651 e. The molecule has 0 saturated carbocycles. The number of carbonyl (C=O) groups excluding carboxylic acids is 2. The van der Waals surface area contributed by atoms with E-state index in [0.29, 0.717) is 0 Å². The second-order valence-corrected chi connectivity index (χ2v) is 8.74. The number of aromatic nitrogens is 1. The number of oxime groups is 1. The number of nitrogens with zero attached hydrogens (tertiary/aromatic N) is 3. The van der Waals surface area contributed by atoms with E-state index < -0.39 is 49.9 Å². The lowest BCUT2D eigenvalue weighted by atomic mass is 10.0. The molecule has 2 amide bonds. The standard InChI is InChI=1S/C15H20N5O8PS/c1-6-9(12(23)20(6)29(26)27-7(2)21)18-11(22)10(8-5-30-14(16)17-8)19-28-15(3,4)13(24)25/h5-7,9,21H,1-4H3,(H3-,16,17,18,22,24,25)/p+1. The SMILES string of the molecule is CC(O)O[P+](=O)N1C(=O)C(NC(=O)C(=NOC(C)(C)C(=O)O)c2csc(N)n2)C1C. The summed E-state index contributed by atoms with van der Waals surface area (Å²) in [5.41, 5.74) is 3.48. The van der Waals surface area contributed by atoms with Crippen LogP contribution < -0.4 is 11.1 Å². The fourth-order valence-electron chi connectivity index (χ4n) is 2.21. The van der Waals surface area contributed by atoms with Crippen LogP contribution in [0.5, 0.6) is 0 Å². The summed E-state index contributed by atoms with van der Waals surface area (Å²) in [5, 5.41) is 25.9. The van der Waals surface area contributed by atoms with E-state index in [-0.39, 0.29) is 16.5 Å². The minimum atomic E-state index is -2.63. The van der Waals surface area contributed by atoms with Crippen LogP contribution in [0.25, 0.3) is 0 Å². The number of carboxylic acid groups (broad SMARTS) is 1. The van der Waals surface area contributed by atoms with Crippen LogP contribution in [-0.4, -0.2) is 67.3 Å². The lowest BCUT2D eigenvalue weighted by Gasteiger charge is -2.36. The van der Waals surface area contributed by atoms with E-state index in [4.69, 9.17) is 25.3 Å². The van der Waals surface area contributed by atoms with Gasteiger partial charge in [0.1, 0.15) is 17.8 Å². The van der Waals surface area contributed by atoms with Gasteiger partial charge in [-0.2, -0.15) is 0 Å². The summed E-state index contributed by atoms with van der Waals surface area (Å²) in [4.78, 5) is 45.1. The number of nitrogen functional groups attached to an aromatic ring is 1. The van der Waals surface area contributed by atoms with Crippen molar-refractivity contribution in [2.24, 2.45) is 5.16 Å². The summed E-state index contributed by atoms with van der Waals surface area (Å²) in [6, 6.07) is -1.76. The van der Waals surface area contributed by atoms with Gasteiger partial charge in [-0.25, -0.2) is 9.78 Å². The normalized spacial score (nSPS) is 21.0. The summed E-state index contributed by atoms with van der Waals surface area (Å²) in [5.74, 6) is -2.89. The van der Waals surface area contributed by atoms with Crippen LogP contribution in [0.2, 0.25) is 0 Å². The average molecular weight is 462 g/mol. The van der Waals surface area contributed by atoms with Crippen LogP contribution >= 0.6 is 19.5 Å². The molecule has 2 rings (SSSR count). The Morgan fingerprint density at radius 2 is 2.13 bits per heavy atom. The van der Waals surface area contributed by atoms with E-state index in [1.165, 1.54) is 33.1 Å². The third-order valence-electron chi connectivity index (χ3n) is 3.93. The van der Waals surface area contributed by atoms with Crippen molar-refractivity contribution >= 4 is 48.1 Å². The third-order valence-corrected chi connectivity index (χ3v) is 6.00. The molecule has 1 aliphatic heterocycles. The number of anilines is 1. The quantitative estimate of drug-likeness (QED) is 0.128. The van der Waals surface area contributed by atoms with E-state index >= 15 is 0 Å². The van der Waals surface area contributed by atoms with Gasteiger partial charge in [0.2, 0.25) is 11.9 Å². The molecule has 13 nitrogen and oxygen atoms in total. The molecule has 1 aromatic rings. The Hall–Kier alpha value is -2.67. The summed E-state index contributed by atoms with van der Waals surface area (Å²) >= 11 is 1.02. The molecule has 0 radical (unpaired) electrons. The maximum atomic E-state index is 12.7. The van der Waals surface area contributed by atoms with Crippen molar-refractivity contribution in [2.45, 2.75) is 51.7 Å². The van der Waals surface area contributed by atoms with Crippen molar-refractivity contribution in [3.63, 3.8) is 0 Å². The number of hydrogen-bond acceptors (Lipinski definition) is 11. The molecule has 1 saturated heterocycles. The number of nitrogens with two attached hydrogens (primary N) is 1. The first-order valence-electron chi connectivity index (χ1n) is 8.52. The molecule has 4 unspecified atom stereocenters. The molecule has 30 heavy (non-hydrogen) atoms. The van der Waals surface area contributed by atoms with Gasteiger partial charge in [-0.05, 0) is 32.3 Å². The number of aliphatic hydroxyl groups is 1. The number of aliphatic hydroxyl groups excluding tert-OH is 1. The molecule has 5 N–H and O–H groups in total. The second-order valence-electron chi connectivity index (χ2n) is 6.73. The number of thiazole rings is 1. The minimum Gasteiger partial charge on any atom is -0.478 e. The second kappa shape index (κ2) is 9.00. The topological polar surface area (TPSA) is 194 Å². The molecular formula is C15H21N5O8PS+. The first-order chi connectivity index (χ1) is 13.8. The van der Waals surface area contributed by atoms with Crippen LogP contribution in [0.15, 0.2) is 10.5 Å². The van der Waals surface area contributed by atoms with Gasteiger partial charge < -0.3 is 26.1 Å². The molecular weight excluding hydrogens is 441 g/mol. The van der Waals surface area contributed by atoms with Crippen molar-refractivity contribution in [1.29, 1.82) is 0 Å². The predicted octanol–water partition coefficient (Wildman–Crippen LogP) is 0.0370. The molecule has 0 spiro atoms. The Morgan fingerprint density at radius 1 is 1.50 bits per heavy atom. The van der Waals surface area contributed by atoms with Crippen LogP contribution in [0, 0.1) is 0 Å². The highest BCUT2D eigenvalue weighted by Crippen LogP contribution is 2.39. The summed E-state index contributed by atoms with van der Waals surface area (Å²) in [6.07, 6.45) is -1.34. The van der Waals surface area contributed by atoms with E-state index in [0.717, 1.165) is 16.0 Å². The zero-order chi connectivity index (χ0) is 22.8. The molecule has 2 heterocycles. The fraction of sp³-hybridized carbons (Fsp3) is 0.533. The van der Waals surface area contributed by atoms with E-state index in [1.807, 2.05) is 0 Å². The minimum absolute atomic E-state index is 0.0241. The lowest BCUT2D eigenvalue weighted by molar-refractivity contribution is -0.161. The van der Waals surface area contributed by atoms with E-state index in [1.54, 1.807) is 0 Å². The van der Waals surface area contributed by atoms with Crippen LogP contribution in [-0.2, 0) is 28.3 Å². The maximum absolute atomic E-state index is 12.7. The molecule has 0 aliphatic carbocycles. The zero-order valence-corrected chi connectivity index (χ0v) is 18.1. The van der Waals surface area contributed by atoms with Gasteiger partial charge in [0.25, 0.3) is 11.8 Å². The van der Waals surface area contributed by atoms with Gasteiger partial charge in [-0.3, -0.25) is 9.59 Å². The van der Waals surface area contributed by atoms with Gasteiger partial charge in [0.05, 0.1) is 0 Å². The number of hydrogen-bond donors (Lipinski definition) is 4. The fourth-order valence-corrected chi connectivity index (χ4v) is 3.84. The molecule has 15 heteroatoms. The molecule has 0 bridgehead atoms. The van der Waals surface area contributed by atoms with Crippen LogP contribution in [0.1, 0.15) is 33.4 Å². The van der Waals surface area contributed by atoms with Gasteiger partial charge >= 0.3 is 14.1 Å². The highest BCUT2D eigenvalue weighted by atomic mass is 32.1. The number of carboxylic acids is 1. The number of rotatable bonds is 9. The number of amides is 2. The first-order valence-corrected chi connectivity index (χ1v) is 10.5. The molecule has 1 aromatic heterocycles. The highest BCUT2D eigenvalue weighted by molar-refractivity contribution is 7.37. The van der Waals surface area contributed by atoms with Crippen molar-refractivity contribution in [3.8, 4) is 0 Å². The van der Waals surface area contributed by atoms with Gasteiger partial charge in [0, 0.05) is 5.38 Å². The van der Waals surface area contributed by atoms with Gasteiger partial charge in [-0.1, -0.05) is 14.3 Å². The van der Waals surface area contributed by atoms with Crippen molar-refractivity contribution < 1.29 is 38.5 Å². The van der Waals surface area contributed by atoms with Crippen molar-refractivity contribution in [2.75, 3.05) is 5.73 Å². The van der Waals surface area contributed by atoms with Gasteiger partial charge in [0.15, 0.2) is 10.8 Å². The molecule has 1 fully saturated rings. The molecule has 164 valence electrons. The van der Waals surface area contributed by atoms with Crippen molar-refractivity contribution in [1.82, 2.24) is 15.0 Å². The Morgan fingerprint density at radius 3 is 2.60 bits per heavy atom. The highest BCUT2D eigenvalue weighted by Gasteiger charge is 2.58. The van der Waals surface area contributed by atoms with Crippen molar-refractivity contribution in [3.05, 3.63) is 11.1 Å². The molecule has 0 aromatic carbocycles.